The maximum Gasteiger partial charge on any atom is 0.333 e. The predicted octanol–water partition coefficient (Wildman–Crippen LogP) is 2.89. The van der Waals surface area contributed by atoms with E-state index in [1.165, 1.54) is 6.42 Å². The van der Waals surface area contributed by atoms with Gasteiger partial charge in [-0.2, -0.15) is 0 Å². The Kier molecular flexibility index (Phi) is 7.36. The zero-order valence-corrected chi connectivity index (χ0v) is 8.64. The molecule has 1 radical (unpaired) electrons. The monoisotopic (exact) mass is 183 g/mol. The first-order chi connectivity index (χ1) is 6.18. The van der Waals surface area contributed by atoms with Crippen molar-refractivity contribution in [3.05, 3.63) is 18.6 Å². The summed E-state index contributed by atoms with van der Waals surface area (Å²) in [5, 5.41) is 0. The van der Waals surface area contributed by atoms with Gasteiger partial charge in [-0.25, -0.2) is 4.79 Å². The van der Waals surface area contributed by atoms with Crippen LogP contribution in [0, 0.1) is 6.42 Å². The topological polar surface area (TPSA) is 26.3 Å². The van der Waals surface area contributed by atoms with Crippen LogP contribution in [0.15, 0.2) is 12.2 Å². The lowest BCUT2D eigenvalue weighted by Gasteiger charge is -2.03. The summed E-state index contributed by atoms with van der Waals surface area (Å²) in [7, 11) is 0. The first-order valence-electron chi connectivity index (χ1n) is 4.79. The van der Waals surface area contributed by atoms with Crippen LogP contribution >= 0.6 is 0 Å². The molecule has 75 valence electrons. The number of carbonyl (C=O) groups is 1. The molecule has 0 bridgehead atoms. The SMILES string of the molecule is C=C(C)C(=O)OCCCCC[CH]C. The van der Waals surface area contributed by atoms with E-state index in [2.05, 4.69) is 19.9 Å². The third-order valence-corrected chi connectivity index (χ3v) is 1.72. The fraction of sp³-hybridized carbons (Fsp3) is 0.636. The number of hydrogen-bond acceptors (Lipinski definition) is 2. The summed E-state index contributed by atoms with van der Waals surface area (Å²) in [5.41, 5.74) is 0.474. The van der Waals surface area contributed by atoms with Gasteiger partial charge in [0.25, 0.3) is 0 Å². The molecule has 0 aliphatic rings. The van der Waals surface area contributed by atoms with E-state index in [0.717, 1.165) is 19.3 Å². The van der Waals surface area contributed by atoms with Crippen molar-refractivity contribution in [1.82, 2.24) is 0 Å². The van der Waals surface area contributed by atoms with E-state index in [1.54, 1.807) is 6.92 Å². The van der Waals surface area contributed by atoms with Crippen LogP contribution < -0.4 is 0 Å². The van der Waals surface area contributed by atoms with Gasteiger partial charge in [0.1, 0.15) is 0 Å². The molecule has 0 amide bonds. The van der Waals surface area contributed by atoms with Crippen molar-refractivity contribution in [2.24, 2.45) is 0 Å². The molecule has 0 aliphatic heterocycles. The number of carbonyl (C=O) groups excluding carboxylic acids is 1. The minimum Gasteiger partial charge on any atom is -0.462 e. The maximum absolute atomic E-state index is 10.9. The predicted molar refractivity (Wildman–Crippen MR) is 54.2 cm³/mol. The second kappa shape index (κ2) is 7.84. The van der Waals surface area contributed by atoms with Gasteiger partial charge in [-0.15, -0.1) is 0 Å². The van der Waals surface area contributed by atoms with Crippen LogP contribution in [-0.2, 0) is 9.53 Å². The fourth-order valence-electron chi connectivity index (χ4n) is 0.915. The summed E-state index contributed by atoms with van der Waals surface area (Å²) in [6.07, 6.45) is 6.55. The molecular formula is C11H19O2. The summed E-state index contributed by atoms with van der Waals surface area (Å²) in [4.78, 5) is 10.9. The lowest BCUT2D eigenvalue weighted by atomic mass is 10.2. The summed E-state index contributed by atoms with van der Waals surface area (Å²) >= 11 is 0. The molecule has 0 heterocycles. The molecule has 0 unspecified atom stereocenters. The largest absolute Gasteiger partial charge is 0.462 e. The Morgan fingerprint density at radius 3 is 2.62 bits per heavy atom. The maximum atomic E-state index is 10.9. The Morgan fingerprint density at radius 1 is 1.38 bits per heavy atom. The van der Waals surface area contributed by atoms with Crippen molar-refractivity contribution < 1.29 is 9.53 Å². The number of unbranched alkanes of at least 4 members (excludes halogenated alkanes) is 4. The van der Waals surface area contributed by atoms with Crippen LogP contribution in [0.2, 0.25) is 0 Å². The number of esters is 1. The van der Waals surface area contributed by atoms with Gasteiger partial charge in [-0.05, 0) is 19.8 Å². The zero-order chi connectivity index (χ0) is 10.1. The Balaban J connectivity index is 3.16. The number of ether oxygens (including phenoxy) is 1. The average molecular weight is 183 g/mol. The molecule has 0 fully saturated rings. The highest BCUT2D eigenvalue weighted by atomic mass is 16.5. The summed E-state index contributed by atoms with van der Waals surface area (Å²) in [6, 6.07) is 0. The van der Waals surface area contributed by atoms with E-state index in [1.807, 2.05) is 0 Å². The second-order valence-electron chi connectivity index (χ2n) is 3.17. The number of hydrogen-bond donors (Lipinski definition) is 0. The van der Waals surface area contributed by atoms with E-state index in [4.69, 9.17) is 4.74 Å². The van der Waals surface area contributed by atoms with Gasteiger partial charge in [0.2, 0.25) is 0 Å². The molecular weight excluding hydrogens is 164 g/mol. The molecule has 2 nitrogen and oxygen atoms in total. The van der Waals surface area contributed by atoms with Gasteiger partial charge < -0.3 is 4.74 Å². The molecule has 0 atom stereocenters. The molecule has 0 aromatic rings. The number of rotatable bonds is 7. The lowest BCUT2D eigenvalue weighted by molar-refractivity contribution is -0.139. The van der Waals surface area contributed by atoms with Crippen molar-refractivity contribution in [3.8, 4) is 0 Å². The minimum atomic E-state index is -0.276. The fourth-order valence-corrected chi connectivity index (χ4v) is 0.915. The molecule has 0 spiro atoms. The van der Waals surface area contributed by atoms with Gasteiger partial charge >= 0.3 is 5.97 Å². The highest BCUT2D eigenvalue weighted by Crippen LogP contribution is 2.02. The molecule has 13 heavy (non-hydrogen) atoms. The Bertz CT molecular complexity index is 161. The molecule has 0 rings (SSSR count). The Labute approximate surface area is 81.0 Å². The smallest absolute Gasteiger partial charge is 0.333 e. The van der Waals surface area contributed by atoms with E-state index >= 15 is 0 Å². The first kappa shape index (κ1) is 12.2. The van der Waals surface area contributed by atoms with Crippen molar-refractivity contribution in [2.75, 3.05) is 6.61 Å². The summed E-state index contributed by atoms with van der Waals surface area (Å²) < 4.78 is 4.93. The van der Waals surface area contributed by atoms with Crippen LogP contribution in [0.3, 0.4) is 0 Å². The molecule has 2 heteroatoms. The first-order valence-corrected chi connectivity index (χ1v) is 4.79. The van der Waals surface area contributed by atoms with E-state index in [-0.39, 0.29) is 5.97 Å². The van der Waals surface area contributed by atoms with Crippen LogP contribution in [0.25, 0.3) is 0 Å². The molecule has 0 saturated heterocycles. The molecule has 0 aromatic heterocycles. The third-order valence-electron chi connectivity index (χ3n) is 1.72. The van der Waals surface area contributed by atoms with Gasteiger partial charge in [0, 0.05) is 5.57 Å². The molecule has 0 aromatic carbocycles. The highest BCUT2D eigenvalue weighted by Gasteiger charge is 2.01. The summed E-state index contributed by atoms with van der Waals surface area (Å²) in [6.45, 7) is 7.74. The molecule has 0 aliphatic carbocycles. The Hall–Kier alpha value is -0.790. The Morgan fingerprint density at radius 2 is 2.08 bits per heavy atom. The van der Waals surface area contributed by atoms with E-state index in [9.17, 15) is 4.79 Å². The van der Waals surface area contributed by atoms with Crippen molar-refractivity contribution in [3.63, 3.8) is 0 Å². The molecule has 0 saturated carbocycles. The third kappa shape index (κ3) is 7.57. The second-order valence-corrected chi connectivity index (χ2v) is 3.17. The van der Waals surface area contributed by atoms with Crippen LogP contribution in [0.4, 0.5) is 0 Å². The van der Waals surface area contributed by atoms with Gasteiger partial charge in [0.05, 0.1) is 6.61 Å². The van der Waals surface area contributed by atoms with Crippen LogP contribution in [0.5, 0.6) is 0 Å². The van der Waals surface area contributed by atoms with Crippen molar-refractivity contribution in [2.45, 2.75) is 39.5 Å². The molecule has 0 N–H and O–H groups in total. The summed E-state index contributed by atoms with van der Waals surface area (Å²) in [5.74, 6) is -0.276. The van der Waals surface area contributed by atoms with Crippen LogP contribution in [0.1, 0.15) is 39.5 Å². The minimum absolute atomic E-state index is 0.276. The lowest BCUT2D eigenvalue weighted by Crippen LogP contribution is -2.05. The van der Waals surface area contributed by atoms with E-state index in [0.29, 0.717) is 12.2 Å². The van der Waals surface area contributed by atoms with Gasteiger partial charge in [-0.3, -0.25) is 0 Å². The van der Waals surface area contributed by atoms with E-state index < -0.39 is 0 Å². The quantitative estimate of drug-likeness (QED) is 0.344. The van der Waals surface area contributed by atoms with Gasteiger partial charge in [-0.1, -0.05) is 32.8 Å². The average Bonchev–Trinajstić information content (AvgIpc) is 2.10. The van der Waals surface area contributed by atoms with Crippen LogP contribution in [-0.4, -0.2) is 12.6 Å². The highest BCUT2D eigenvalue weighted by molar-refractivity contribution is 5.86. The van der Waals surface area contributed by atoms with Gasteiger partial charge in [0.15, 0.2) is 0 Å². The normalized spacial score (nSPS) is 9.69. The standard InChI is InChI=1S/C11H19O2/c1-4-5-6-7-8-9-13-11(12)10(2)3/h4H,2,5-9H2,1,3H3. The zero-order valence-electron chi connectivity index (χ0n) is 8.64. The van der Waals surface area contributed by atoms with Crippen molar-refractivity contribution in [1.29, 1.82) is 0 Å². The van der Waals surface area contributed by atoms with Crippen molar-refractivity contribution >= 4 is 5.97 Å².